The zero-order chi connectivity index (χ0) is 22.0. The van der Waals surface area contributed by atoms with Crippen molar-refractivity contribution < 1.29 is 85.6 Å². The van der Waals surface area contributed by atoms with Crippen LogP contribution >= 0.6 is 0 Å². The summed E-state index contributed by atoms with van der Waals surface area (Å²) in [5, 5.41) is 17.3. The van der Waals surface area contributed by atoms with Gasteiger partial charge >= 0.3 is 63.3 Å². The third kappa shape index (κ3) is 10.1. The standard InChI is InChI=1S/C20H38O7S.K.H/c1-5-9-11-15(7-3)13-20(19(23)24,14-16(8-4)12-10-6-2)17(18(21)22)28(25,26)27;;/h15-17H,5-14H2,1-4H3,(H,21,22)(H,23,24)(H,25,26,27);;/q;+1;-1. The minimum atomic E-state index is -5.10. The summed E-state index contributed by atoms with van der Waals surface area (Å²) < 4.78 is 33.7. The normalized spacial score (nSPS) is 16.9. The summed E-state index contributed by atoms with van der Waals surface area (Å²) in [5.74, 6) is -3.50. The summed E-state index contributed by atoms with van der Waals surface area (Å²) in [7, 11) is -5.10. The van der Waals surface area contributed by atoms with E-state index in [4.69, 9.17) is 0 Å². The summed E-state index contributed by atoms with van der Waals surface area (Å²) in [6.07, 6.45) is 6.02. The summed E-state index contributed by atoms with van der Waals surface area (Å²) in [4.78, 5) is 24.3. The SMILES string of the molecule is CCCCC(CC)CC(CC(CC)CCCC)(C(=O)O)C(C(=O)O)S(=O)(=O)O.[H-].[K+]. The summed E-state index contributed by atoms with van der Waals surface area (Å²) in [5.41, 5.74) is -2.05. The number of hydrogen-bond acceptors (Lipinski definition) is 4. The van der Waals surface area contributed by atoms with Gasteiger partial charge in [0.15, 0.2) is 5.25 Å². The first-order valence-electron chi connectivity index (χ1n) is 10.4. The van der Waals surface area contributed by atoms with Crippen molar-refractivity contribution >= 4 is 22.1 Å². The van der Waals surface area contributed by atoms with E-state index in [1.807, 2.05) is 27.7 Å². The Balaban J connectivity index is -0.00000364. The average Bonchev–Trinajstić information content (AvgIpc) is 2.59. The fourth-order valence-electron chi connectivity index (χ4n) is 4.15. The quantitative estimate of drug-likeness (QED) is 0.235. The van der Waals surface area contributed by atoms with Crippen LogP contribution in [-0.2, 0) is 19.7 Å². The molecule has 0 aromatic heterocycles. The van der Waals surface area contributed by atoms with Gasteiger partial charge < -0.3 is 11.6 Å². The predicted molar refractivity (Wildman–Crippen MR) is 110 cm³/mol. The number of rotatable bonds is 16. The van der Waals surface area contributed by atoms with E-state index in [0.717, 1.165) is 25.7 Å². The van der Waals surface area contributed by atoms with E-state index in [1.54, 1.807) is 0 Å². The topological polar surface area (TPSA) is 129 Å². The van der Waals surface area contributed by atoms with E-state index in [9.17, 15) is 32.8 Å². The molecule has 3 atom stereocenters. The molecular formula is C20H39KO7S. The average molecular weight is 463 g/mol. The van der Waals surface area contributed by atoms with Crippen LogP contribution in [0.15, 0.2) is 0 Å². The Hall–Kier alpha value is 0.486. The maximum absolute atomic E-state index is 12.4. The molecule has 0 fully saturated rings. The van der Waals surface area contributed by atoms with Crippen molar-refractivity contribution in [2.24, 2.45) is 17.3 Å². The number of hydrogen-bond donors (Lipinski definition) is 3. The van der Waals surface area contributed by atoms with Crippen molar-refractivity contribution in [3.63, 3.8) is 0 Å². The molecule has 0 aromatic rings. The van der Waals surface area contributed by atoms with E-state index in [1.165, 1.54) is 0 Å². The fraction of sp³-hybridized carbons (Fsp3) is 0.900. The van der Waals surface area contributed by atoms with Crippen molar-refractivity contribution in [2.45, 2.75) is 97.2 Å². The molecule has 29 heavy (non-hydrogen) atoms. The van der Waals surface area contributed by atoms with Crippen LogP contribution in [0.3, 0.4) is 0 Å². The molecule has 0 aliphatic rings. The first-order chi connectivity index (χ1) is 13.0. The Kier molecular flexibility index (Phi) is 16.7. The van der Waals surface area contributed by atoms with Crippen molar-refractivity contribution in [2.75, 3.05) is 0 Å². The molecule has 3 unspecified atom stereocenters. The monoisotopic (exact) mass is 462 g/mol. The van der Waals surface area contributed by atoms with Gasteiger partial charge in [0.25, 0.3) is 10.1 Å². The molecule has 0 bridgehead atoms. The van der Waals surface area contributed by atoms with Crippen LogP contribution in [0.2, 0.25) is 0 Å². The maximum atomic E-state index is 12.4. The summed E-state index contributed by atoms with van der Waals surface area (Å²) >= 11 is 0. The molecule has 0 radical (unpaired) electrons. The van der Waals surface area contributed by atoms with Crippen LogP contribution in [-0.4, -0.2) is 40.4 Å². The van der Waals surface area contributed by atoms with E-state index >= 15 is 0 Å². The number of aliphatic carboxylic acids is 2. The Labute approximate surface area is 220 Å². The fourth-order valence-corrected chi connectivity index (χ4v) is 5.27. The van der Waals surface area contributed by atoms with Gasteiger partial charge in [0.1, 0.15) is 0 Å². The Bertz CT molecular complexity index is 580. The van der Waals surface area contributed by atoms with Gasteiger partial charge in [-0.1, -0.05) is 79.1 Å². The van der Waals surface area contributed by atoms with Crippen molar-refractivity contribution in [3.8, 4) is 0 Å². The molecule has 3 N–H and O–H groups in total. The van der Waals surface area contributed by atoms with Crippen molar-refractivity contribution in [1.29, 1.82) is 0 Å². The minimum absolute atomic E-state index is 0. The van der Waals surface area contributed by atoms with Crippen LogP contribution < -0.4 is 51.4 Å². The van der Waals surface area contributed by atoms with Gasteiger partial charge in [0.05, 0.1) is 5.41 Å². The molecule has 9 heteroatoms. The number of carboxylic acid groups (broad SMARTS) is 2. The first kappa shape index (κ1) is 31.7. The van der Waals surface area contributed by atoms with Crippen LogP contribution in [0.25, 0.3) is 0 Å². The molecule has 0 aliphatic carbocycles. The van der Waals surface area contributed by atoms with Crippen LogP contribution in [0.1, 0.15) is 93.3 Å². The predicted octanol–water partition coefficient (Wildman–Crippen LogP) is 1.73. The molecule has 0 saturated heterocycles. The van der Waals surface area contributed by atoms with Gasteiger partial charge in [0.2, 0.25) is 0 Å². The second-order valence-electron chi connectivity index (χ2n) is 7.94. The Morgan fingerprint density at radius 1 is 0.897 bits per heavy atom. The molecule has 168 valence electrons. The van der Waals surface area contributed by atoms with E-state index in [0.29, 0.717) is 25.7 Å². The second kappa shape index (κ2) is 15.3. The van der Waals surface area contributed by atoms with Crippen molar-refractivity contribution in [1.82, 2.24) is 0 Å². The van der Waals surface area contributed by atoms with E-state index in [-0.39, 0.29) is 77.5 Å². The number of carbonyl (C=O) groups is 2. The smallest absolute Gasteiger partial charge is 1.00 e. The molecule has 0 saturated carbocycles. The maximum Gasteiger partial charge on any atom is 1.00 e. The van der Waals surface area contributed by atoms with Gasteiger partial charge in [-0.05, 0) is 24.7 Å². The van der Waals surface area contributed by atoms with Crippen LogP contribution in [0.5, 0.6) is 0 Å². The van der Waals surface area contributed by atoms with Gasteiger partial charge in [-0.2, -0.15) is 8.42 Å². The molecule has 0 rings (SSSR count). The molecule has 0 spiro atoms. The summed E-state index contributed by atoms with van der Waals surface area (Å²) in [6, 6.07) is 0. The van der Waals surface area contributed by atoms with E-state index < -0.39 is 32.7 Å². The second-order valence-corrected chi connectivity index (χ2v) is 9.44. The third-order valence-electron chi connectivity index (χ3n) is 5.84. The minimum Gasteiger partial charge on any atom is -1.00 e. The van der Waals surface area contributed by atoms with Gasteiger partial charge in [0, 0.05) is 0 Å². The van der Waals surface area contributed by atoms with Crippen LogP contribution in [0, 0.1) is 17.3 Å². The Morgan fingerprint density at radius 2 is 1.28 bits per heavy atom. The Morgan fingerprint density at radius 3 is 1.48 bits per heavy atom. The number of unbranched alkanes of at least 4 members (excludes halogenated alkanes) is 2. The summed E-state index contributed by atoms with van der Waals surface area (Å²) in [6.45, 7) is 7.80. The molecular weight excluding hydrogens is 423 g/mol. The van der Waals surface area contributed by atoms with Crippen LogP contribution in [0.4, 0.5) is 0 Å². The zero-order valence-corrected chi connectivity index (χ0v) is 22.6. The first-order valence-corrected chi connectivity index (χ1v) is 11.9. The largest absolute Gasteiger partial charge is 1.00 e. The molecule has 0 aromatic carbocycles. The molecule has 7 nitrogen and oxygen atoms in total. The van der Waals surface area contributed by atoms with Gasteiger partial charge in [-0.25, -0.2) is 0 Å². The van der Waals surface area contributed by atoms with Gasteiger partial charge in [-0.3, -0.25) is 14.1 Å². The molecule has 0 heterocycles. The van der Waals surface area contributed by atoms with Crippen molar-refractivity contribution in [3.05, 3.63) is 0 Å². The molecule has 0 amide bonds. The van der Waals surface area contributed by atoms with E-state index in [2.05, 4.69) is 0 Å². The molecule has 0 aliphatic heterocycles. The third-order valence-corrected chi connectivity index (χ3v) is 7.09. The zero-order valence-electron chi connectivity index (χ0n) is 19.7. The number of carboxylic acids is 2. The van der Waals surface area contributed by atoms with Gasteiger partial charge in [-0.15, -0.1) is 0 Å².